The van der Waals surface area contributed by atoms with E-state index in [-0.39, 0.29) is 0 Å². The number of aromatic nitrogens is 2. The van der Waals surface area contributed by atoms with Crippen LogP contribution in [0.4, 0.5) is 0 Å². The summed E-state index contributed by atoms with van der Waals surface area (Å²) in [7, 11) is 1.70. The number of hydrogen-bond acceptors (Lipinski definition) is 3. The SMILES string of the molecule is COCCc1ccnc(C(C)C)n1. The van der Waals surface area contributed by atoms with E-state index in [0.717, 1.165) is 17.9 Å². The van der Waals surface area contributed by atoms with Gasteiger partial charge < -0.3 is 4.74 Å². The maximum atomic E-state index is 4.99. The van der Waals surface area contributed by atoms with Crippen LogP contribution in [0.25, 0.3) is 0 Å². The largest absolute Gasteiger partial charge is 0.384 e. The van der Waals surface area contributed by atoms with Crippen LogP contribution in [0.1, 0.15) is 31.3 Å². The molecule has 0 N–H and O–H groups in total. The Labute approximate surface area is 79.2 Å². The molecular weight excluding hydrogens is 164 g/mol. The minimum atomic E-state index is 0.391. The minimum absolute atomic E-state index is 0.391. The van der Waals surface area contributed by atoms with Gasteiger partial charge in [-0.25, -0.2) is 9.97 Å². The van der Waals surface area contributed by atoms with Gasteiger partial charge in [0.25, 0.3) is 0 Å². The topological polar surface area (TPSA) is 35.0 Å². The molecule has 3 nitrogen and oxygen atoms in total. The van der Waals surface area contributed by atoms with Gasteiger partial charge in [0, 0.05) is 31.3 Å². The average molecular weight is 180 g/mol. The average Bonchev–Trinajstić information content (AvgIpc) is 2.15. The molecule has 1 aromatic rings. The summed E-state index contributed by atoms with van der Waals surface area (Å²) in [5.74, 6) is 1.30. The van der Waals surface area contributed by atoms with Crippen molar-refractivity contribution < 1.29 is 4.74 Å². The van der Waals surface area contributed by atoms with Gasteiger partial charge in [-0.05, 0) is 6.07 Å². The Morgan fingerprint density at radius 1 is 1.46 bits per heavy atom. The maximum Gasteiger partial charge on any atom is 0.131 e. The van der Waals surface area contributed by atoms with Crippen LogP contribution in [-0.2, 0) is 11.2 Å². The van der Waals surface area contributed by atoms with Crippen molar-refractivity contribution in [2.75, 3.05) is 13.7 Å². The lowest BCUT2D eigenvalue weighted by Gasteiger charge is -2.05. The molecule has 0 unspecified atom stereocenters. The fourth-order valence-corrected chi connectivity index (χ4v) is 1.04. The van der Waals surface area contributed by atoms with Gasteiger partial charge in [-0.15, -0.1) is 0 Å². The highest BCUT2D eigenvalue weighted by atomic mass is 16.5. The summed E-state index contributed by atoms with van der Waals surface area (Å²) in [6.45, 7) is 4.90. The van der Waals surface area contributed by atoms with E-state index in [1.165, 1.54) is 0 Å². The fraction of sp³-hybridized carbons (Fsp3) is 0.600. The van der Waals surface area contributed by atoms with Crippen molar-refractivity contribution in [3.63, 3.8) is 0 Å². The minimum Gasteiger partial charge on any atom is -0.384 e. The van der Waals surface area contributed by atoms with Crippen molar-refractivity contribution in [2.24, 2.45) is 0 Å². The van der Waals surface area contributed by atoms with E-state index < -0.39 is 0 Å². The lowest BCUT2D eigenvalue weighted by atomic mass is 10.2. The molecule has 1 aromatic heterocycles. The standard InChI is InChI=1S/C10H16N2O/c1-8(2)10-11-6-4-9(12-10)5-7-13-3/h4,6,8H,5,7H2,1-3H3. The van der Waals surface area contributed by atoms with Crippen molar-refractivity contribution in [3.8, 4) is 0 Å². The maximum absolute atomic E-state index is 4.99. The molecule has 0 radical (unpaired) electrons. The predicted molar refractivity (Wildman–Crippen MR) is 51.7 cm³/mol. The smallest absolute Gasteiger partial charge is 0.131 e. The van der Waals surface area contributed by atoms with Crippen LogP contribution < -0.4 is 0 Å². The van der Waals surface area contributed by atoms with E-state index in [4.69, 9.17) is 4.74 Å². The summed E-state index contributed by atoms with van der Waals surface area (Å²) in [4.78, 5) is 8.61. The fourth-order valence-electron chi connectivity index (χ4n) is 1.04. The summed E-state index contributed by atoms with van der Waals surface area (Å²) < 4.78 is 4.99. The van der Waals surface area contributed by atoms with Crippen LogP contribution in [-0.4, -0.2) is 23.7 Å². The third-order valence-corrected chi connectivity index (χ3v) is 1.81. The molecule has 13 heavy (non-hydrogen) atoms. The Balaban J connectivity index is 2.68. The van der Waals surface area contributed by atoms with Crippen molar-refractivity contribution >= 4 is 0 Å². The van der Waals surface area contributed by atoms with Crippen LogP contribution in [0.15, 0.2) is 12.3 Å². The van der Waals surface area contributed by atoms with Crippen molar-refractivity contribution in [1.82, 2.24) is 9.97 Å². The Morgan fingerprint density at radius 2 is 2.23 bits per heavy atom. The lowest BCUT2D eigenvalue weighted by Crippen LogP contribution is -2.03. The van der Waals surface area contributed by atoms with E-state index in [0.29, 0.717) is 12.5 Å². The Kier molecular flexibility index (Phi) is 3.83. The molecule has 0 saturated carbocycles. The first-order valence-corrected chi connectivity index (χ1v) is 4.54. The summed E-state index contributed by atoms with van der Waals surface area (Å²) in [6.07, 6.45) is 2.67. The zero-order chi connectivity index (χ0) is 9.68. The van der Waals surface area contributed by atoms with Crippen LogP contribution in [0.2, 0.25) is 0 Å². The second-order valence-electron chi connectivity index (χ2n) is 3.30. The third-order valence-electron chi connectivity index (χ3n) is 1.81. The molecule has 0 fully saturated rings. The molecule has 0 spiro atoms. The predicted octanol–water partition coefficient (Wildman–Crippen LogP) is 1.79. The number of nitrogens with zero attached hydrogens (tertiary/aromatic N) is 2. The highest BCUT2D eigenvalue weighted by Crippen LogP contribution is 2.08. The van der Waals surface area contributed by atoms with Crippen LogP contribution in [0, 0.1) is 0 Å². The molecule has 0 amide bonds. The van der Waals surface area contributed by atoms with Crippen molar-refractivity contribution in [2.45, 2.75) is 26.2 Å². The zero-order valence-electron chi connectivity index (χ0n) is 8.45. The second kappa shape index (κ2) is 4.92. The molecule has 0 aliphatic rings. The second-order valence-corrected chi connectivity index (χ2v) is 3.30. The van der Waals surface area contributed by atoms with Crippen LogP contribution in [0.5, 0.6) is 0 Å². The van der Waals surface area contributed by atoms with E-state index in [1.54, 1.807) is 7.11 Å². The highest BCUT2D eigenvalue weighted by molar-refractivity contribution is 5.04. The molecular formula is C10H16N2O. The molecule has 1 rings (SSSR count). The van der Waals surface area contributed by atoms with Gasteiger partial charge in [-0.3, -0.25) is 0 Å². The summed E-state index contributed by atoms with van der Waals surface area (Å²) >= 11 is 0. The van der Waals surface area contributed by atoms with Crippen LogP contribution >= 0.6 is 0 Å². The summed E-state index contributed by atoms with van der Waals surface area (Å²) in [6, 6.07) is 1.94. The molecule has 0 saturated heterocycles. The molecule has 0 aromatic carbocycles. The normalized spacial score (nSPS) is 10.8. The van der Waals surface area contributed by atoms with Gasteiger partial charge in [0.05, 0.1) is 6.61 Å². The molecule has 72 valence electrons. The molecule has 0 atom stereocenters. The Bertz CT molecular complexity index is 261. The van der Waals surface area contributed by atoms with Gasteiger partial charge in [0.1, 0.15) is 5.82 Å². The van der Waals surface area contributed by atoms with Gasteiger partial charge in [0.15, 0.2) is 0 Å². The van der Waals surface area contributed by atoms with E-state index in [2.05, 4.69) is 23.8 Å². The number of rotatable bonds is 4. The molecule has 0 aliphatic carbocycles. The summed E-state index contributed by atoms with van der Waals surface area (Å²) in [5, 5.41) is 0. The Hall–Kier alpha value is -0.960. The molecule has 0 aliphatic heterocycles. The first kappa shape index (κ1) is 10.1. The molecule has 1 heterocycles. The number of hydrogen-bond donors (Lipinski definition) is 0. The van der Waals surface area contributed by atoms with Gasteiger partial charge in [-0.1, -0.05) is 13.8 Å². The first-order valence-electron chi connectivity index (χ1n) is 4.54. The third kappa shape index (κ3) is 3.11. The number of methoxy groups -OCH3 is 1. The van der Waals surface area contributed by atoms with Gasteiger partial charge in [0.2, 0.25) is 0 Å². The lowest BCUT2D eigenvalue weighted by molar-refractivity contribution is 0.201. The molecule has 0 bridgehead atoms. The van der Waals surface area contributed by atoms with Gasteiger partial charge in [-0.2, -0.15) is 0 Å². The number of ether oxygens (including phenoxy) is 1. The quantitative estimate of drug-likeness (QED) is 0.708. The Morgan fingerprint density at radius 3 is 2.85 bits per heavy atom. The van der Waals surface area contributed by atoms with Crippen molar-refractivity contribution in [3.05, 3.63) is 23.8 Å². The van der Waals surface area contributed by atoms with Gasteiger partial charge >= 0.3 is 0 Å². The van der Waals surface area contributed by atoms with E-state index in [9.17, 15) is 0 Å². The van der Waals surface area contributed by atoms with E-state index >= 15 is 0 Å². The van der Waals surface area contributed by atoms with Crippen LogP contribution in [0.3, 0.4) is 0 Å². The monoisotopic (exact) mass is 180 g/mol. The molecule has 3 heteroatoms. The highest BCUT2D eigenvalue weighted by Gasteiger charge is 2.02. The first-order chi connectivity index (χ1) is 6.24. The van der Waals surface area contributed by atoms with E-state index in [1.807, 2.05) is 12.3 Å². The summed E-state index contributed by atoms with van der Waals surface area (Å²) in [5.41, 5.74) is 1.06. The van der Waals surface area contributed by atoms with Crippen molar-refractivity contribution in [1.29, 1.82) is 0 Å². The zero-order valence-corrected chi connectivity index (χ0v) is 8.45.